The van der Waals surface area contributed by atoms with Crippen LogP contribution in [0.2, 0.25) is 5.02 Å². The molecule has 0 fully saturated rings. The van der Waals surface area contributed by atoms with Crippen molar-refractivity contribution in [1.82, 2.24) is 10.3 Å². The summed E-state index contributed by atoms with van der Waals surface area (Å²) in [6.45, 7) is 0.746. The average molecular weight is 393 g/mol. The summed E-state index contributed by atoms with van der Waals surface area (Å²) in [5.74, 6) is 0.683. The van der Waals surface area contributed by atoms with E-state index in [9.17, 15) is 4.79 Å². The van der Waals surface area contributed by atoms with E-state index in [0.29, 0.717) is 23.8 Å². The number of ether oxygens (including phenoxy) is 1. The Morgan fingerprint density at radius 3 is 2.86 bits per heavy atom. The summed E-state index contributed by atoms with van der Waals surface area (Å²) in [5.41, 5.74) is 2.40. The van der Waals surface area contributed by atoms with Crippen molar-refractivity contribution in [3.05, 3.63) is 95.0 Å². The predicted molar refractivity (Wildman–Crippen MR) is 107 cm³/mol. The van der Waals surface area contributed by atoms with Crippen LogP contribution in [0.4, 0.5) is 0 Å². The number of nitrogens with one attached hydrogen (secondary N) is 1. The zero-order chi connectivity index (χ0) is 19.3. The predicted octanol–water partition coefficient (Wildman–Crippen LogP) is 4.99. The summed E-state index contributed by atoms with van der Waals surface area (Å²) in [5, 5.41) is 4.25. The largest absolute Gasteiger partial charge is 0.487 e. The van der Waals surface area contributed by atoms with Crippen LogP contribution in [0.3, 0.4) is 0 Å². The number of carbonyl (C=O) groups excluding carboxylic acids is 1. The van der Waals surface area contributed by atoms with E-state index < -0.39 is 0 Å². The van der Waals surface area contributed by atoms with Gasteiger partial charge in [0.1, 0.15) is 17.9 Å². The lowest BCUT2D eigenvalue weighted by Gasteiger charge is -2.08. The molecule has 0 atom stereocenters. The van der Waals surface area contributed by atoms with Crippen LogP contribution < -0.4 is 10.1 Å². The van der Waals surface area contributed by atoms with Crippen LogP contribution in [0, 0.1) is 0 Å². The van der Waals surface area contributed by atoms with Gasteiger partial charge in [-0.2, -0.15) is 0 Å². The maximum atomic E-state index is 12.4. The summed E-state index contributed by atoms with van der Waals surface area (Å²) in [7, 11) is 0. The molecule has 0 spiro atoms. The van der Waals surface area contributed by atoms with Crippen molar-refractivity contribution >= 4 is 28.5 Å². The summed E-state index contributed by atoms with van der Waals surface area (Å²) in [4.78, 5) is 16.6. The number of furan rings is 1. The number of hydrogen-bond donors (Lipinski definition) is 1. The van der Waals surface area contributed by atoms with Gasteiger partial charge in [-0.3, -0.25) is 9.78 Å². The number of nitrogens with zero attached hydrogens (tertiary/aromatic N) is 1. The fourth-order valence-corrected chi connectivity index (χ4v) is 2.96. The number of fused-ring (bicyclic) bond motifs is 1. The molecule has 0 unspecified atom stereocenters. The Morgan fingerprint density at radius 1 is 1.07 bits per heavy atom. The summed E-state index contributed by atoms with van der Waals surface area (Å²) in [6.07, 6.45) is 1.73. The van der Waals surface area contributed by atoms with Gasteiger partial charge < -0.3 is 14.5 Å². The maximum absolute atomic E-state index is 12.4. The van der Waals surface area contributed by atoms with Gasteiger partial charge in [-0.15, -0.1) is 0 Å². The van der Waals surface area contributed by atoms with E-state index >= 15 is 0 Å². The summed E-state index contributed by atoms with van der Waals surface area (Å²) >= 11 is 5.97. The summed E-state index contributed by atoms with van der Waals surface area (Å²) in [6, 6.07) is 20.2. The normalized spacial score (nSPS) is 10.8. The second-order valence-electron chi connectivity index (χ2n) is 6.23. The van der Waals surface area contributed by atoms with Gasteiger partial charge >= 0.3 is 0 Å². The molecule has 0 aliphatic carbocycles. The highest BCUT2D eigenvalue weighted by Gasteiger charge is 2.12. The second kappa shape index (κ2) is 8.15. The van der Waals surface area contributed by atoms with E-state index in [-0.39, 0.29) is 11.7 Å². The molecule has 1 amide bonds. The molecule has 0 aliphatic heterocycles. The molecule has 0 saturated heterocycles. The molecule has 4 aromatic rings. The third kappa shape index (κ3) is 4.32. The van der Waals surface area contributed by atoms with Crippen molar-refractivity contribution in [2.24, 2.45) is 0 Å². The highest BCUT2D eigenvalue weighted by molar-refractivity contribution is 6.31. The van der Waals surface area contributed by atoms with Gasteiger partial charge in [0.05, 0.1) is 5.69 Å². The molecule has 2 aromatic heterocycles. The molecular formula is C22H17ClN2O3. The molecular weight excluding hydrogens is 376 g/mol. The summed E-state index contributed by atoms with van der Waals surface area (Å²) < 4.78 is 11.4. The third-order valence-electron chi connectivity index (χ3n) is 4.17. The van der Waals surface area contributed by atoms with Gasteiger partial charge in [-0.05, 0) is 54.1 Å². The quantitative estimate of drug-likeness (QED) is 0.502. The van der Waals surface area contributed by atoms with E-state index in [1.807, 2.05) is 42.5 Å². The number of rotatable bonds is 6. The molecule has 0 saturated carbocycles. The van der Waals surface area contributed by atoms with E-state index in [1.54, 1.807) is 30.5 Å². The fraction of sp³-hybridized carbons (Fsp3) is 0.0909. The minimum Gasteiger partial charge on any atom is -0.487 e. The lowest BCUT2D eigenvalue weighted by atomic mass is 10.2. The lowest BCUT2D eigenvalue weighted by molar-refractivity contribution is 0.0925. The highest BCUT2D eigenvalue weighted by atomic mass is 35.5. The number of pyridine rings is 1. The molecule has 1 N–H and O–H groups in total. The number of carbonyl (C=O) groups is 1. The van der Waals surface area contributed by atoms with Crippen molar-refractivity contribution < 1.29 is 13.9 Å². The Bertz CT molecular complexity index is 1110. The Hall–Kier alpha value is -3.31. The van der Waals surface area contributed by atoms with E-state index in [4.69, 9.17) is 20.8 Å². The van der Waals surface area contributed by atoms with Crippen LogP contribution in [0.15, 0.2) is 77.3 Å². The maximum Gasteiger partial charge on any atom is 0.287 e. The minimum atomic E-state index is -0.285. The van der Waals surface area contributed by atoms with Crippen LogP contribution in [-0.4, -0.2) is 10.9 Å². The Labute approximate surface area is 166 Å². The van der Waals surface area contributed by atoms with Crippen LogP contribution in [-0.2, 0) is 13.2 Å². The third-order valence-corrected chi connectivity index (χ3v) is 4.40. The number of halogens is 1. The van der Waals surface area contributed by atoms with Crippen molar-refractivity contribution in [2.45, 2.75) is 13.2 Å². The fourth-order valence-electron chi connectivity index (χ4n) is 2.78. The molecule has 0 aliphatic rings. The van der Waals surface area contributed by atoms with Crippen molar-refractivity contribution in [1.29, 1.82) is 0 Å². The second-order valence-corrected chi connectivity index (χ2v) is 6.67. The van der Waals surface area contributed by atoms with Crippen molar-refractivity contribution in [2.75, 3.05) is 0 Å². The SMILES string of the molecule is O=C(NCc1cccc(OCc2ccccn2)c1)c1cc2cc(Cl)ccc2o1. The highest BCUT2D eigenvalue weighted by Crippen LogP contribution is 2.23. The molecule has 140 valence electrons. The van der Waals surface area contributed by atoms with Gasteiger partial charge in [0.2, 0.25) is 0 Å². The van der Waals surface area contributed by atoms with Gasteiger partial charge in [0, 0.05) is 23.2 Å². The van der Waals surface area contributed by atoms with Gasteiger partial charge in [-0.1, -0.05) is 29.8 Å². The van der Waals surface area contributed by atoms with Gasteiger partial charge in [0.25, 0.3) is 5.91 Å². The molecule has 0 radical (unpaired) electrons. The molecule has 5 nitrogen and oxygen atoms in total. The minimum absolute atomic E-state index is 0.250. The van der Waals surface area contributed by atoms with Gasteiger partial charge in [-0.25, -0.2) is 0 Å². The number of hydrogen-bond acceptors (Lipinski definition) is 4. The first-order valence-electron chi connectivity index (χ1n) is 8.76. The Kier molecular flexibility index (Phi) is 5.26. The molecule has 4 rings (SSSR count). The van der Waals surface area contributed by atoms with Crippen LogP contribution in [0.25, 0.3) is 11.0 Å². The smallest absolute Gasteiger partial charge is 0.287 e. The molecule has 2 aromatic carbocycles. The monoisotopic (exact) mass is 392 g/mol. The molecule has 28 heavy (non-hydrogen) atoms. The zero-order valence-corrected chi connectivity index (χ0v) is 15.6. The first kappa shape index (κ1) is 18.1. The van der Waals surface area contributed by atoms with Crippen molar-refractivity contribution in [3.63, 3.8) is 0 Å². The number of benzene rings is 2. The number of amides is 1. The average Bonchev–Trinajstić information content (AvgIpc) is 3.15. The Balaban J connectivity index is 1.38. The molecule has 6 heteroatoms. The Morgan fingerprint density at radius 2 is 2.00 bits per heavy atom. The van der Waals surface area contributed by atoms with E-state index in [2.05, 4.69) is 10.3 Å². The van der Waals surface area contributed by atoms with Gasteiger partial charge in [0.15, 0.2) is 5.76 Å². The lowest BCUT2D eigenvalue weighted by Crippen LogP contribution is -2.22. The number of aromatic nitrogens is 1. The van der Waals surface area contributed by atoms with Crippen LogP contribution >= 0.6 is 11.6 Å². The van der Waals surface area contributed by atoms with E-state index in [1.165, 1.54) is 0 Å². The first-order chi connectivity index (χ1) is 13.7. The van der Waals surface area contributed by atoms with Crippen molar-refractivity contribution in [3.8, 4) is 5.75 Å². The molecule has 0 bridgehead atoms. The van der Waals surface area contributed by atoms with E-state index in [0.717, 1.165) is 22.4 Å². The molecule has 2 heterocycles. The van der Waals surface area contributed by atoms with Crippen LogP contribution in [0.1, 0.15) is 21.8 Å². The first-order valence-corrected chi connectivity index (χ1v) is 9.14. The topological polar surface area (TPSA) is 64.4 Å². The standard InChI is InChI=1S/C22H17ClN2O3/c23-17-7-8-20-16(11-17)12-21(28-20)22(26)25-13-15-4-3-6-19(10-15)27-14-18-5-1-2-9-24-18/h1-12H,13-14H2,(H,25,26). The van der Waals surface area contributed by atoms with Crippen LogP contribution in [0.5, 0.6) is 5.75 Å². The zero-order valence-electron chi connectivity index (χ0n) is 14.9.